The fourth-order valence-electron chi connectivity index (χ4n) is 2.59. The maximum absolute atomic E-state index is 3.54. The lowest BCUT2D eigenvalue weighted by molar-refractivity contribution is 0.585. The normalized spacial score (nSPS) is 20.8. The lowest BCUT2D eigenvalue weighted by Crippen LogP contribution is -2.35. The van der Waals surface area contributed by atoms with Crippen molar-refractivity contribution in [3.05, 3.63) is 29.8 Å². The van der Waals surface area contributed by atoms with Gasteiger partial charge in [0.25, 0.3) is 0 Å². The largest absolute Gasteiger partial charge is 0.370 e. The van der Waals surface area contributed by atoms with Crippen LogP contribution in [0, 0.1) is 0 Å². The molecule has 1 unspecified atom stereocenters. The van der Waals surface area contributed by atoms with Crippen LogP contribution in [0.3, 0.4) is 0 Å². The summed E-state index contributed by atoms with van der Waals surface area (Å²) in [4.78, 5) is 2.51. The van der Waals surface area contributed by atoms with E-state index in [1.807, 2.05) is 0 Å². The van der Waals surface area contributed by atoms with Crippen molar-refractivity contribution in [1.82, 2.24) is 5.32 Å². The van der Waals surface area contributed by atoms with Gasteiger partial charge >= 0.3 is 0 Å². The summed E-state index contributed by atoms with van der Waals surface area (Å²) in [6.45, 7) is 7.96. The van der Waals surface area contributed by atoms with Gasteiger partial charge in [-0.2, -0.15) is 0 Å². The zero-order valence-electron chi connectivity index (χ0n) is 11.8. The number of nitrogens with zero attached hydrogens (tertiary/aromatic N) is 1. The van der Waals surface area contributed by atoms with Gasteiger partial charge in [0, 0.05) is 24.8 Å². The predicted octanol–water partition coefficient (Wildman–Crippen LogP) is 3.22. The molecule has 0 saturated carbocycles. The van der Waals surface area contributed by atoms with Crippen LogP contribution >= 0.6 is 0 Å². The molecule has 1 saturated heterocycles. The Hall–Kier alpha value is -1.02. The SMILES string of the molecule is CCCCc1ccc(N2CCCNC(C)C2)cc1. The van der Waals surface area contributed by atoms with E-state index in [9.17, 15) is 0 Å². The third-order valence-electron chi connectivity index (χ3n) is 3.71. The van der Waals surface area contributed by atoms with Crippen molar-refractivity contribution in [3.63, 3.8) is 0 Å². The molecule has 0 aliphatic carbocycles. The van der Waals surface area contributed by atoms with Crippen molar-refractivity contribution in [1.29, 1.82) is 0 Å². The van der Waals surface area contributed by atoms with Crippen molar-refractivity contribution < 1.29 is 0 Å². The average molecular weight is 246 g/mol. The quantitative estimate of drug-likeness (QED) is 0.877. The molecule has 1 aromatic carbocycles. The Morgan fingerprint density at radius 3 is 2.78 bits per heavy atom. The van der Waals surface area contributed by atoms with E-state index >= 15 is 0 Å². The minimum Gasteiger partial charge on any atom is -0.370 e. The van der Waals surface area contributed by atoms with E-state index in [4.69, 9.17) is 0 Å². The van der Waals surface area contributed by atoms with E-state index in [-0.39, 0.29) is 0 Å². The molecule has 2 nitrogen and oxygen atoms in total. The average Bonchev–Trinajstić information content (AvgIpc) is 2.62. The Kier molecular flexibility index (Phi) is 5.06. The van der Waals surface area contributed by atoms with Crippen molar-refractivity contribution in [2.24, 2.45) is 0 Å². The number of aryl methyl sites for hydroxylation is 1. The molecular formula is C16H26N2. The standard InChI is InChI=1S/C16H26N2/c1-3-4-6-15-7-9-16(10-8-15)18-12-5-11-17-14(2)13-18/h7-10,14,17H,3-6,11-13H2,1-2H3. The van der Waals surface area contributed by atoms with E-state index in [0.717, 1.165) is 13.1 Å². The number of nitrogens with one attached hydrogen (secondary N) is 1. The van der Waals surface area contributed by atoms with Crippen molar-refractivity contribution >= 4 is 5.69 Å². The van der Waals surface area contributed by atoms with Gasteiger partial charge in [0.1, 0.15) is 0 Å². The van der Waals surface area contributed by atoms with Crippen molar-refractivity contribution in [2.75, 3.05) is 24.5 Å². The van der Waals surface area contributed by atoms with Crippen molar-refractivity contribution in [2.45, 2.75) is 45.6 Å². The number of hydrogen-bond acceptors (Lipinski definition) is 2. The smallest absolute Gasteiger partial charge is 0.0366 e. The first-order valence-electron chi connectivity index (χ1n) is 7.37. The van der Waals surface area contributed by atoms with Crippen LogP contribution in [0.2, 0.25) is 0 Å². The van der Waals surface area contributed by atoms with Gasteiger partial charge in [0.2, 0.25) is 0 Å². The summed E-state index contributed by atoms with van der Waals surface area (Å²) >= 11 is 0. The van der Waals surface area contributed by atoms with Crippen LogP contribution in [-0.2, 0) is 6.42 Å². The maximum Gasteiger partial charge on any atom is 0.0366 e. The van der Waals surface area contributed by atoms with Gasteiger partial charge in [0.15, 0.2) is 0 Å². The Bertz CT molecular complexity index is 345. The summed E-state index contributed by atoms with van der Waals surface area (Å²) in [5, 5.41) is 3.54. The summed E-state index contributed by atoms with van der Waals surface area (Å²) in [5.41, 5.74) is 2.85. The molecule has 1 heterocycles. The second-order valence-corrected chi connectivity index (χ2v) is 5.42. The molecule has 0 bridgehead atoms. The molecule has 18 heavy (non-hydrogen) atoms. The van der Waals surface area contributed by atoms with Crippen LogP contribution in [0.5, 0.6) is 0 Å². The zero-order chi connectivity index (χ0) is 12.8. The number of unbranched alkanes of at least 4 members (excludes halogenated alkanes) is 1. The maximum atomic E-state index is 3.54. The van der Waals surface area contributed by atoms with Gasteiger partial charge < -0.3 is 10.2 Å². The fourth-order valence-corrected chi connectivity index (χ4v) is 2.59. The molecule has 0 amide bonds. The van der Waals surface area contributed by atoms with E-state index in [0.29, 0.717) is 6.04 Å². The molecule has 1 fully saturated rings. The van der Waals surface area contributed by atoms with Crippen LogP contribution in [0.15, 0.2) is 24.3 Å². The first kappa shape index (κ1) is 13.4. The highest BCUT2D eigenvalue weighted by atomic mass is 15.2. The van der Waals surface area contributed by atoms with Gasteiger partial charge in [-0.1, -0.05) is 25.5 Å². The van der Waals surface area contributed by atoms with E-state index in [1.54, 1.807) is 0 Å². The minimum atomic E-state index is 0.590. The second-order valence-electron chi connectivity index (χ2n) is 5.42. The summed E-state index contributed by atoms with van der Waals surface area (Å²) in [6.07, 6.45) is 5.03. The molecule has 0 spiro atoms. The Balaban J connectivity index is 1.99. The monoisotopic (exact) mass is 246 g/mol. The van der Waals surface area contributed by atoms with Crippen LogP contribution < -0.4 is 10.2 Å². The van der Waals surface area contributed by atoms with E-state index < -0.39 is 0 Å². The van der Waals surface area contributed by atoms with E-state index in [2.05, 4.69) is 48.3 Å². The zero-order valence-corrected chi connectivity index (χ0v) is 11.8. The van der Waals surface area contributed by atoms with Crippen LogP contribution in [-0.4, -0.2) is 25.7 Å². The molecule has 1 aliphatic rings. The topological polar surface area (TPSA) is 15.3 Å². The van der Waals surface area contributed by atoms with Gasteiger partial charge in [-0.05, 0) is 50.4 Å². The molecule has 1 N–H and O–H groups in total. The Morgan fingerprint density at radius 1 is 1.28 bits per heavy atom. The van der Waals surface area contributed by atoms with Crippen LogP contribution in [0.4, 0.5) is 5.69 Å². The molecule has 1 aromatic rings. The number of rotatable bonds is 4. The highest BCUT2D eigenvalue weighted by Crippen LogP contribution is 2.18. The Labute approximate surface area is 111 Å². The van der Waals surface area contributed by atoms with Gasteiger partial charge in [0.05, 0.1) is 0 Å². The van der Waals surface area contributed by atoms with Gasteiger partial charge in [-0.15, -0.1) is 0 Å². The minimum absolute atomic E-state index is 0.590. The highest BCUT2D eigenvalue weighted by Gasteiger charge is 2.14. The van der Waals surface area contributed by atoms with Crippen LogP contribution in [0.1, 0.15) is 38.7 Å². The van der Waals surface area contributed by atoms with Gasteiger partial charge in [-0.25, -0.2) is 0 Å². The molecule has 2 heteroatoms. The Morgan fingerprint density at radius 2 is 2.06 bits per heavy atom. The first-order chi connectivity index (χ1) is 8.79. The lowest BCUT2D eigenvalue weighted by Gasteiger charge is -2.25. The summed E-state index contributed by atoms with van der Waals surface area (Å²) in [7, 11) is 0. The number of hydrogen-bond donors (Lipinski definition) is 1. The molecule has 100 valence electrons. The first-order valence-corrected chi connectivity index (χ1v) is 7.37. The molecule has 2 rings (SSSR count). The van der Waals surface area contributed by atoms with Crippen LogP contribution in [0.25, 0.3) is 0 Å². The number of anilines is 1. The third kappa shape index (κ3) is 3.74. The lowest BCUT2D eigenvalue weighted by atomic mass is 10.1. The summed E-state index contributed by atoms with van der Waals surface area (Å²) in [6, 6.07) is 9.78. The highest BCUT2D eigenvalue weighted by molar-refractivity contribution is 5.48. The number of benzene rings is 1. The molecule has 0 radical (unpaired) electrons. The second kappa shape index (κ2) is 6.79. The molecular weight excluding hydrogens is 220 g/mol. The van der Waals surface area contributed by atoms with Gasteiger partial charge in [-0.3, -0.25) is 0 Å². The molecule has 1 atom stereocenters. The van der Waals surface area contributed by atoms with Crippen molar-refractivity contribution in [3.8, 4) is 0 Å². The molecule has 1 aliphatic heterocycles. The van der Waals surface area contributed by atoms with E-state index in [1.165, 1.54) is 43.5 Å². The summed E-state index contributed by atoms with van der Waals surface area (Å²) in [5.74, 6) is 0. The summed E-state index contributed by atoms with van der Waals surface area (Å²) < 4.78 is 0. The predicted molar refractivity (Wildman–Crippen MR) is 79.3 cm³/mol. The fraction of sp³-hybridized carbons (Fsp3) is 0.625. The molecule has 0 aromatic heterocycles. The third-order valence-corrected chi connectivity index (χ3v) is 3.71.